The highest BCUT2D eigenvalue weighted by atomic mass is 16.5. The van der Waals surface area contributed by atoms with Crippen molar-refractivity contribution < 1.29 is 14.3 Å². The molecule has 0 fully saturated rings. The van der Waals surface area contributed by atoms with Gasteiger partial charge in [0.25, 0.3) is 0 Å². The molecule has 25 heavy (non-hydrogen) atoms. The monoisotopic (exact) mass is 342 g/mol. The number of carbonyl (C=O) groups excluding carboxylic acids is 1. The van der Waals surface area contributed by atoms with E-state index in [2.05, 4.69) is 29.7 Å². The van der Waals surface area contributed by atoms with E-state index in [1.54, 1.807) is 7.11 Å². The highest BCUT2D eigenvalue weighted by Crippen LogP contribution is 2.16. The van der Waals surface area contributed by atoms with Crippen LogP contribution in [-0.4, -0.2) is 32.7 Å². The summed E-state index contributed by atoms with van der Waals surface area (Å²) in [5.74, 6) is 1.57. The number of methoxy groups -OCH3 is 1. The van der Waals surface area contributed by atoms with Crippen LogP contribution in [0.5, 0.6) is 11.5 Å². The van der Waals surface area contributed by atoms with Crippen LogP contribution in [0, 0.1) is 6.92 Å². The van der Waals surface area contributed by atoms with Crippen molar-refractivity contribution in [2.24, 2.45) is 0 Å². The highest BCUT2D eigenvalue weighted by Gasteiger charge is 2.02. The standard InChI is InChI=1S/C20H26N2O3/c1-16-5-3-4-6-17(16)15-21-12-11-20(23)22-13-14-25-19-9-7-18(24-2)8-10-19/h3-10,21H,11-15H2,1-2H3,(H,22,23). The molecule has 0 aliphatic heterocycles. The summed E-state index contributed by atoms with van der Waals surface area (Å²) >= 11 is 0. The molecule has 5 heteroatoms. The second-order valence-electron chi connectivity index (χ2n) is 5.73. The molecule has 0 aliphatic rings. The molecule has 2 rings (SSSR count). The van der Waals surface area contributed by atoms with E-state index in [9.17, 15) is 4.79 Å². The maximum Gasteiger partial charge on any atom is 0.221 e. The average molecular weight is 342 g/mol. The number of benzene rings is 2. The van der Waals surface area contributed by atoms with Gasteiger partial charge in [0.15, 0.2) is 0 Å². The van der Waals surface area contributed by atoms with Gasteiger partial charge in [-0.15, -0.1) is 0 Å². The summed E-state index contributed by atoms with van der Waals surface area (Å²) in [5.41, 5.74) is 2.52. The first-order chi connectivity index (χ1) is 12.2. The van der Waals surface area contributed by atoms with Gasteiger partial charge in [-0.1, -0.05) is 24.3 Å². The van der Waals surface area contributed by atoms with Crippen LogP contribution in [-0.2, 0) is 11.3 Å². The molecule has 0 saturated carbocycles. The van der Waals surface area contributed by atoms with Crippen LogP contribution in [0.1, 0.15) is 17.5 Å². The summed E-state index contributed by atoms with van der Waals surface area (Å²) in [5, 5.41) is 6.15. The van der Waals surface area contributed by atoms with Crippen molar-refractivity contribution in [2.75, 3.05) is 26.8 Å². The van der Waals surface area contributed by atoms with Crippen LogP contribution >= 0.6 is 0 Å². The number of amides is 1. The van der Waals surface area contributed by atoms with Crippen molar-refractivity contribution >= 4 is 5.91 Å². The van der Waals surface area contributed by atoms with Gasteiger partial charge in [-0.2, -0.15) is 0 Å². The van der Waals surface area contributed by atoms with Crippen molar-refractivity contribution in [1.29, 1.82) is 0 Å². The van der Waals surface area contributed by atoms with Crippen LogP contribution in [0.4, 0.5) is 0 Å². The molecule has 0 unspecified atom stereocenters. The van der Waals surface area contributed by atoms with E-state index in [-0.39, 0.29) is 5.91 Å². The molecule has 0 bridgehead atoms. The van der Waals surface area contributed by atoms with Gasteiger partial charge in [0.1, 0.15) is 18.1 Å². The first-order valence-electron chi connectivity index (χ1n) is 8.48. The second kappa shape index (κ2) is 10.4. The number of hydrogen-bond donors (Lipinski definition) is 2. The van der Waals surface area contributed by atoms with Crippen LogP contribution in [0.3, 0.4) is 0 Å². The van der Waals surface area contributed by atoms with Gasteiger partial charge >= 0.3 is 0 Å². The third-order valence-electron chi connectivity index (χ3n) is 3.86. The van der Waals surface area contributed by atoms with Crippen molar-refractivity contribution in [1.82, 2.24) is 10.6 Å². The highest BCUT2D eigenvalue weighted by molar-refractivity contribution is 5.76. The largest absolute Gasteiger partial charge is 0.497 e. The lowest BCUT2D eigenvalue weighted by Gasteiger charge is -2.09. The summed E-state index contributed by atoms with van der Waals surface area (Å²) in [7, 11) is 1.63. The van der Waals surface area contributed by atoms with Crippen molar-refractivity contribution in [2.45, 2.75) is 19.9 Å². The molecule has 134 valence electrons. The van der Waals surface area contributed by atoms with Gasteiger partial charge in [-0.3, -0.25) is 4.79 Å². The molecule has 2 aromatic rings. The normalized spacial score (nSPS) is 10.3. The summed E-state index contributed by atoms with van der Waals surface area (Å²) in [6, 6.07) is 15.6. The number of nitrogens with one attached hydrogen (secondary N) is 2. The predicted octanol–water partition coefficient (Wildman–Crippen LogP) is 2.68. The third-order valence-corrected chi connectivity index (χ3v) is 3.86. The molecule has 0 spiro atoms. The molecule has 0 heterocycles. The molecule has 2 aromatic carbocycles. The van der Waals surface area contributed by atoms with E-state index >= 15 is 0 Å². The second-order valence-corrected chi connectivity index (χ2v) is 5.73. The minimum absolute atomic E-state index is 0.0237. The van der Waals surface area contributed by atoms with E-state index < -0.39 is 0 Å². The molecule has 0 saturated heterocycles. The molecule has 2 N–H and O–H groups in total. The molecule has 1 amide bonds. The quantitative estimate of drug-likeness (QED) is 0.652. The Morgan fingerprint density at radius 2 is 1.72 bits per heavy atom. The molecular formula is C20H26N2O3. The lowest BCUT2D eigenvalue weighted by molar-refractivity contribution is -0.121. The Hall–Kier alpha value is -2.53. The summed E-state index contributed by atoms with van der Waals surface area (Å²) in [6.07, 6.45) is 0.453. The smallest absolute Gasteiger partial charge is 0.221 e. The van der Waals surface area contributed by atoms with E-state index in [0.717, 1.165) is 18.0 Å². The minimum atomic E-state index is 0.0237. The Labute approximate surface area is 149 Å². The van der Waals surface area contributed by atoms with Gasteiger partial charge in [-0.05, 0) is 42.3 Å². The summed E-state index contributed by atoms with van der Waals surface area (Å²) in [4.78, 5) is 11.8. The predicted molar refractivity (Wildman–Crippen MR) is 99.0 cm³/mol. The van der Waals surface area contributed by atoms with Crippen LogP contribution in [0.15, 0.2) is 48.5 Å². The van der Waals surface area contributed by atoms with Gasteiger partial charge < -0.3 is 20.1 Å². The summed E-state index contributed by atoms with van der Waals surface area (Å²) < 4.78 is 10.7. The van der Waals surface area contributed by atoms with E-state index in [1.807, 2.05) is 36.4 Å². The van der Waals surface area contributed by atoms with Crippen molar-refractivity contribution in [3.63, 3.8) is 0 Å². The zero-order valence-electron chi connectivity index (χ0n) is 14.9. The molecule has 0 aromatic heterocycles. The maximum atomic E-state index is 11.8. The Morgan fingerprint density at radius 1 is 1.00 bits per heavy atom. The Balaban J connectivity index is 1.54. The Bertz CT molecular complexity index is 656. The lowest BCUT2D eigenvalue weighted by Crippen LogP contribution is -2.30. The van der Waals surface area contributed by atoms with Gasteiger partial charge in [0.2, 0.25) is 5.91 Å². The van der Waals surface area contributed by atoms with E-state index in [0.29, 0.717) is 26.1 Å². The van der Waals surface area contributed by atoms with Crippen LogP contribution < -0.4 is 20.1 Å². The average Bonchev–Trinajstić information content (AvgIpc) is 2.64. The number of hydrogen-bond acceptors (Lipinski definition) is 4. The Kier molecular flexibility index (Phi) is 7.79. The number of carbonyl (C=O) groups is 1. The maximum absolute atomic E-state index is 11.8. The fraction of sp³-hybridized carbons (Fsp3) is 0.350. The van der Waals surface area contributed by atoms with Gasteiger partial charge in [0.05, 0.1) is 13.7 Å². The SMILES string of the molecule is COc1ccc(OCCNC(=O)CCNCc2ccccc2C)cc1. The van der Waals surface area contributed by atoms with Gasteiger partial charge in [-0.25, -0.2) is 0 Å². The molecule has 5 nitrogen and oxygen atoms in total. The fourth-order valence-corrected chi connectivity index (χ4v) is 2.35. The first kappa shape index (κ1) is 18.8. The van der Waals surface area contributed by atoms with E-state index in [1.165, 1.54) is 11.1 Å². The topological polar surface area (TPSA) is 59.6 Å². The number of ether oxygens (including phenoxy) is 2. The Morgan fingerprint density at radius 3 is 2.44 bits per heavy atom. The van der Waals surface area contributed by atoms with Gasteiger partial charge in [0, 0.05) is 19.5 Å². The van der Waals surface area contributed by atoms with Crippen molar-refractivity contribution in [3.8, 4) is 11.5 Å². The first-order valence-corrected chi connectivity index (χ1v) is 8.48. The number of aryl methyl sites for hydroxylation is 1. The molecule has 0 aliphatic carbocycles. The zero-order chi connectivity index (χ0) is 17.9. The van der Waals surface area contributed by atoms with E-state index in [4.69, 9.17) is 9.47 Å². The zero-order valence-corrected chi connectivity index (χ0v) is 14.9. The number of rotatable bonds is 10. The van der Waals surface area contributed by atoms with Crippen LogP contribution in [0.2, 0.25) is 0 Å². The lowest BCUT2D eigenvalue weighted by atomic mass is 10.1. The molecule has 0 atom stereocenters. The molecule has 0 radical (unpaired) electrons. The van der Waals surface area contributed by atoms with Crippen molar-refractivity contribution in [3.05, 3.63) is 59.7 Å². The summed E-state index contributed by atoms with van der Waals surface area (Å²) in [6.45, 7) is 4.45. The third kappa shape index (κ3) is 6.85. The van der Waals surface area contributed by atoms with Crippen LogP contribution in [0.25, 0.3) is 0 Å². The molecular weight excluding hydrogens is 316 g/mol. The minimum Gasteiger partial charge on any atom is -0.497 e. The fourth-order valence-electron chi connectivity index (χ4n) is 2.35.